The second-order valence-corrected chi connectivity index (χ2v) is 18.0. The third-order valence-corrected chi connectivity index (χ3v) is 13.4. The van der Waals surface area contributed by atoms with Crippen LogP contribution in [0.15, 0.2) is 55.1 Å². The molecule has 0 unspecified atom stereocenters. The van der Waals surface area contributed by atoms with Crippen LogP contribution in [0.3, 0.4) is 0 Å². The van der Waals surface area contributed by atoms with Crippen LogP contribution < -0.4 is 0 Å². The normalized spacial score (nSPS) is 26.6. The largest absolute Gasteiger partial charge is 0.417 e. The van der Waals surface area contributed by atoms with Crippen LogP contribution in [-0.4, -0.2) is 63.4 Å². The summed E-state index contributed by atoms with van der Waals surface area (Å²) in [6, 6.07) is 14.7. The first kappa shape index (κ1) is 32.9. The Labute approximate surface area is 243 Å². The zero-order valence-electron chi connectivity index (χ0n) is 26.0. The Hall–Kier alpha value is -1.58. The van der Waals surface area contributed by atoms with Gasteiger partial charge in [0, 0.05) is 20.1 Å². The number of methoxy groups -OCH3 is 1. The highest BCUT2D eigenvalue weighted by molar-refractivity contribution is 6.74. The maximum absolute atomic E-state index is 11.5. The molecule has 2 aromatic carbocycles. The van der Waals surface area contributed by atoms with Gasteiger partial charge in [0.05, 0.1) is 30.5 Å². The third-order valence-electron chi connectivity index (χ3n) is 8.88. The Kier molecular flexibility index (Phi) is 11.2. The SMILES string of the molecule is C=CC[C@H](OCc1ccc2ccccc2c1)[C@]1(C)O[C@H](CCCO[Si](C)(C)C(C)(C)C)[C@@](C)(O)C[C@H]1OCOC. The first-order chi connectivity index (χ1) is 18.7. The zero-order chi connectivity index (χ0) is 29.6. The van der Waals surface area contributed by atoms with Crippen LogP contribution in [0.25, 0.3) is 10.8 Å². The quantitative estimate of drug-likeness (QED) is 0.110. The van der Waals surface area contributed by atoms with Gasteiger partial charge in [0.15, 0.2) is 8.32 Å². The minimum absolute atomic E-state index is 0.107. The summed E-state index contributed by atoms with van der Waals surface area (Å²) < 4.78 is 31.2. The van der Waals surface area contributed by atoms with Crippen molar-refractivity contribution in [1.82, 2.24) is 0 Å². The van der Waals surface area contributed by atoms with E-state index in [2.05, 4.69) is 70.8 Å². The Balaban J connectivity index is 1.77. The van der Waals surface area contributed by atoms with Crippen LogP contribution in [0, 0.1) is 0 Å². The fraction of sp³-hybridized carbons (Fsp3) is 0.636. The number of benzene rings is 2. The van der Waals surface area contributed by atoms with Crippen molar-refractivity contribution in [3.8, 4) is 0 Å². The molecule has 5 atom stereocenters. The van der Waals surface area contributed by atoms with Crippen molar-refractivity contribution in [2.75, 3.05) is 20.5 Å². The molecule has 7 heteroatoms. The lowest BCUT2D eigenvalue weighted by atomic mass is 9.76. The van der Waals surface area contributed by atoms with E-state index in [1.165, 1.54) is 10.8 Å². The predicted octanol–water partition coefficient (Wildman–Crippen LogP) is 7.39. The number of hydrogen-bond acceptors (Lipinski definition) is 6. The van der Waals surface area contributed by atoms with Gasteiger partial charge in [-0.3, -0.25) is 0 Å². The van der Waals surface area contributed by atoms with E-state index in [9.17, 15) is 5.11 Å². The Morgan fingerprint density at radius 2 is 1.85 bits per heavy atom. The van der Waals surface area contributed by atoms with Crippen molar-refractivity contribution in [3.05, 3.63) is 60.7 Å². The molecule has 40 heavy (non-hydrogen) atoms. The lowest BCUT2D eigenvalue weighted by Gasteiger charge is -2.53. The van der Waals surface area contributed by atoms with Crippen LogP contribution in [0.5, 0.6) is 0 Å². The highest BCUT2D eigenvalue weighted by atomic mass is 28.4. The summed E-state index contributed by atoms with van der Waals surface area (Å²) in [6.45, 7) is 20.3. The fourth-order valence-corrected chi connectivity index (χ4v) is 6.29. The Bertz CT molecular complexity index is 1090. The summed E-state index contributed by atoms with van der Waals surface area (Å²) >= 11 is 0. The number of fused-ring (bicyclic) bond motifs is 1. The van der Waals surface area contributed by atoms with E-state index < -0.39 is 25.6 Å². The van der Waals surface area contributed by atoms with E-state index >= 15 is 0 Å². The van der Waals surface area contributed by atoms with Crippen molar-refractivity contribution in [2.45, 2.75) is 115 Å². The lowest BCUT2D eigenvalue weighted by molar-refractivity contribution is -0.303. The molecule has 0 spiro atoms. The molecular weight excluding hydrogens is 520 g/mol. The van der Waals surface area contributed by atoms with Crippen LogP contribution in [0.4, 0.5) is 0 Å². The molecule has 1 saturated heterocycles. The Morgan fingerprint density at radius 3 is 2.50 bits per heavy atom. The average Bonchev–Trinajstić information content (AvgIpc) is 2.89. The van der Waals surface area contributed by atoms with Gasteiger partial charge in [-0.1, -0.05) is 63.2 Å². The van der Waals surface area contributed by atoms with Gasteiger partial charge in [0.1, 0.15) is 12.4 Å². The molecule has 2 aromatic rings. The molecule has 0 aliphatic carbocycles. The van der Waals surface area contributed by atoms with E-state index in [1.807, 2.05) is 32.1 Å². The van der Waals surface area contributed by atoms with Gasteiger partial charge in [0.25, 0.3) is 0 Å². The van der Waals surface area contributed by atoms with E-state index in [-0.39, 0.29) is 24.0 Å². The van der Waals surface area contributed by atoms with Crippen LogP contribution in [-0.2, 0) is 30.0 Å². The topological polar surface area (TPSA) is 66.4 Å². The molecule has 0 radical (unpaired) electrons. The van der Waals surface area contributed by atoms with Gasteiger partial charge in [-0.15, -0.1) is 6.58 Å². The van der Waals surface area contributed by atoms with Crippen molar-refractivity contribution >= 4 is 19.1 Å². The first-order valence-electron chi connectivity index (χ1n) is 14.6. The number of rotatable bonds is 14. The number of ether oxygens (including phenoxy) is 4. The summed E-state index contributed by atoms with van der Waals surface area (Å²) in [5.41, 5.74) is -0.796. The second kappa shape index (κ2) is 13.6. The number of hydrogen-bond donors (Lipinski definition) is 1. The van der Waals surface area contributed by atoms with E-state index in [0.29, 0.717) is 32.5 Å². The van der Waals surface area contributed by atoms with Gasteiger partial charge < -0.3 is 28.5 Å². The molecule has 1 fully saturated rings. The molecule has 1 aliphatic rings. The van der Waals surface area contributed by atoms with Crippen molar-refractivity contribution in [3.63, 3.8) is 0 Å². The maximum Gasteiger partial charge on any atom is 0.191 e. The van der Waals surface area contributed by atoms with Gasteiger partial charge in [-0.2, -0.15) is 0 Å². The molecule has 1 N–H and O–H groups in total. The maximum atomic E-state index is 11.5. The molecule has 0 bridgehead atoms. The van der Waals surface area contributed by atoms with Crippen LogP contribution in [0.2, 0.25) is 18.1 Å². The standard InChI is InChI=1S/C33H52O6Si/c1-10-14-29(36-23-25-18-19-26-15-11-12-16-27(26)21-25)33(6)30(37-24-35-7)22-32(5,34)28(39-33)17-13-20-38-40(8,9)31(2,3)4/h10-12,15-16,18-19,21,28-30,34H,1,13-14,17,20,22-24H2,2-9H3/t28-,29+,30-,32+,33+/m1/s1. The lowest BCUT2D eigenvalue weighted by Crippen LogP contribution is -2.65. The van der Waals surface area contributed by atoms with Crippen LogP contribution >= 0.6 is 0 Å². The molecule has 224 valence electrons. The van der Waals surface area contributed by atoms with E-state index in [0.717, 1.165) is 12.0 Å². The van der Waals surface area contributed by atoms with Gasteiger partial charge in [0.2, 0.25) is 0 Å². The molecule has 0 amide bonds. The second-order valence-electron chi connectivity index (χ2n) is 13.2. The molecule has 0 saturated carbocycles. The summed E-state index contributed by atoms with van der Waals surface area (Å²) in [5.74, 6) is 0. The minimum atomic E-state index is -1.84. The smallest absolute Gasteiger partial charge is 0.191 e. The molecule has 1 heterocycles. The van der Waals surface area contributed by atoms with Gasteiger partial charge in [-0.05, 0) is 73.6 Å². The van der Waals surface area contributed by atoms with Crippen LogP contribution in [0.1, 0.15) is 65.9 Å². The monoisotopic (exact) mass is 572 g/mol. The molecule has 6 nitrogen and oxygen atoms in total. The first-order valence-corrected chi connectivity index (χ1v) is 17.5. The summed E-state index contributed by atoms with van der Waals surface area (Å²) in [6.07, 6.45) is 3.19. The average molecular weight is 573 g/mol. The zero-order valence-corrected chi connectivity index (χ0v) is 27.0. The molecular formula is C33H52O6Si. The van der Waals surface area contributed by atoms with Gasteiger partial charge in [-0.25, -0.2) is 0 Å². The molecule has 1 aliphatic heterocycles. The van der Waals surface area contributed by atoms with Crippen molar-refractivity contribution in [2.24, 2.45) is 0 Å². The molecule has 3 rings (SSSR count). The van der Waals surface area contributed by atoms with Crippen molar-refractivity contribution in [1.29, 1.82) is 0 Å². The summed E-state index contributed by atoms with van der Waals surface area (Å²) in [4.78, 5) is 0. The number of aliphatic hydroxyl groups is 1. The fourth-order valence-electron chi connectivity index (χ4n) is 5.20. The Morgan fingerprint density at radius 1 is 1.15 bits per heavy atom. The third kappa shape index (κ3) is 8.03. The highest BCUT2D eigenvalue weighted by Crippen LogP contribution is 2.43. The van der Waals surface area contributed by atoms with Gasteiger partial charge >= 0.3 is 0 Å². The van der Waals surface area contributed by atoms with Crippen molar-refractivity contribution < 1.29 is 28.5 Å². The highest BCUT2D eigenvalue weighted by Gasteiger charge is 2.55. The summed E-state index contributed by atoms with van der Waals surface area (Å²) in [7, 11) is -0.240. The van der Waals surface area contributed by atoms with E-state index in [1.54, 1.807) is 7.11 Å². The minimum Gasteiger partial charge on any atom is -0.417 e. The van der Waals surface area contributed by atoms with E-state index in [4.69, 9.17) is 23.4 Å². The summed E-state index contributed by atoms with van der Waals surface area (Å²) in [5, 5.41) is 14.0. The molecule has 0 aromatic heterocycles. The predicted molar refractivity (Wildman–Crippen MR) is 165 cm³/mol.